The number of carbonyl (C=O) groups is 1. The summed E-state index contributed by atoms with van der Waals surface area (Å²) in [7, 11) is 0. The number of pyridine rings is 1. The smallest absolute Gasteiger partial charge is 0.405 e. The Balaban J connectivity index is 1.87. The van der Waals surface area contributed by atoms with Crippen LogP contribution in [0.1, 0.15) is 16.1 Å². The Morgan fingerprint density at radius 1 is 1.03 bits per heavy atom. The van der Waals surface area contributed by atoms with Crippen molar-refractivity contribution in [2.24, 2.45) is 0 Å². The Hall–Kier alpha value is -3.77. The number of nitrogens with two attached hydrogens (primary N) is 1. The standard InChI is InChI=1S/C17H10F6N4O3/c18-16(19,20)13-10(7-29-27-13)15(28)26-12-6-5-9(14(24)25-12)8-3-1-2-4-11(8)30-17(21,22)23/h1-7H,(H3,24,25,26,28). The van der Waals surface area contributed by atoms with Gasteiger partial charge in [-0.3, -0.25) is 4.79 Å². The molecule has 0 atom stereocenters. The number of hydrogen-bond acceptors (Lipinski definition) is 6. The summed E-state index contributed by atoms with van der Waals surface area (Å²) in [6.07, 6.45) is -9.35. The fraction of sp³-hybridized carbons (Fsp3) is 0.118. The molecular weight excluding hydrogens is 422 g/mol. The number of hydrogen-bond donors (Lipinski definition) is 2. The van der Waals surface area contributed by atoms with Crippen LogP contribution in [0.3, 0.4) is 0 Å². The van der Waals surface area contributed by atoms with E-state index in [0.717, 1.165) is 12.1 Å². The van der Waals surface area contributed by atoms with Gasteiger partial charge in [0.05, 0.1) is 0 Å². The molecule has 0 aliphatic rings. The highest BCUT2D eigenvalue weighted by Gasteiger charge is 2.39. The van der Waals surface area contributed by atoms with Crippen molar-refractivity contribution in [1.82, 2.24) is 10.1 Å². The maximum Gasteiger partial charge on any atom is 0.573 e. The van der Waals surface area contributed by atoms with Crippen LogP contribution in [0.4, 0.5) is 38.0 Å². The van der Waals surface area contributed by atoms with Gasteiger partial charge in [-0.25, -0.2) is 4.98 Å². The van der Waals surface area contributed by atoms with Crippen molar-refractivity contribution in [3.8, 4) is 16.9 Å². The number of para-hydroxylation sites is 1. The van der Waals surface area contributed by atoms with E-state index in [1.54, 1.807) is 0 Å². The van der Waals surface area contributed by atoms with Crippen LogP contribution < -0.4 is 15.8 Å². The highest BCUT2D eigenvalue weighted by molar-refractivity contribution is 6.04. The summed E-state index contributed by atoms with van der Waals surface area (Å²) in [5, 5.41) is 4.84. The lowest BCUT2D eigenvalue weighted by molar-refractivity contribution is -0.274. The molecule has 7 nitrogen and oxygen atoms in total. The van der Waals surface area contributed by atoms with Gasteiger partial charge in [0.1, 0.15) is 29.2 Å². The van der Waals surface area contributed by atoms with Crippen molar-refractivity contribution < 1.29 is 40.4 Å². The lowest BCUT2D eigenvalue weighted by Gasteiger charge is -2.14. The highest BCUT2D eigenvalue weighted by atomic mass is 19.4. The highest BCUT2D eigenvalue weighted by Crippen LogP contribution is 2.36. The number of amides is 1. The van der Waals surface area contributed by atoms with Gasteiger partial charge in [0, 0.05) is 11.1 Å². The van der Waals surface area contributed by atoms with Gasteiger partial charge in [-0.15, -0.1) is 13.2 Å². The van der Waals surface area contributed by atoms with Crippen molar-refractivity contribution in [2.45, 2.75) is 12.5 Å². The first kappa shape index (κ1) is 21.0. The van der Waals surface area contributed by atoms with Gasteiger partial charge in [-0.2, -0.15) is 13.2 Å². The number of ether oxygens (including phenoxy) is 1. The third-order valence-corrected chi connectivity index (χ3v) is 3.65. The van der Waals surface area contributed by atoms with E-state index in [1.807, 2.05) is 0 Å². The van der Waals surface area contributed by atoms with E-state index in [0.29, 0.717) is 6.26 Å². The average molecular weight is 432 g/mol. The van der Waals surface area contributed by atoms with Crippen LogP contribution in [0.25, 0.3) is 11.1 Å². The lowest BCUT2D eigenvalue weighted by atomic mass is 10.1. The largest absolute Gasteiger partial charge is 0.573 e. The van der Waals surface area contributed by atoms with E-state index in [9.17, 15) is 31.1 Å². The molecular formula is C17H10F6N4O3. The van der Waals surface area contributed by atoms with Crippen molar-refractivity contribution in [3.63, 3.8) is 0 Å². The molecule has 0 saturated carbocycles. The zero-order valence-electron chi connectivity index (χ0n) is 14.5. The predicted octanol–water partition coefficient (Wildman–Crippen LogP) is 4.49. The molecule has 2 heterocycles. The molecule has 0 unspecified atom stereocenters. The fourth-order valence-electron chi connectivity index (χ4n) is 2.46. The Morgan fingerprint density at radius 3 is 2.37 bits per heavy atom. The number of anilines is 2. The van der Waals surface area contributed by atoms with Crippen molar-refractivity contribution in [2.75, 3.05) is 11.1 Å². The first-order valence-electron chi connectivity index (χ1n) is 7.90. The minimum Gasteiger partial charge on any atom is -0.405 e. The Labute approximate surface area is 163 Å². The van der Waals surface area contributed by atoms with E-state index in [1.165, 1.54) is 24.3 Å². The van der Waals surface area contributed by atoms with Gasteiger partial charge in [-0.05, 0) is 18.2 Å². The average Bonchev–Trinajstić information content (AvgIpc) is 3.12. The van der Waals surface area contributed by atoms with Crippen molar-refractivity contribution >= 4 is 17.5 Å². The summed E-state index contributed by atoms with van der Waals surface area (Å²) in [5.74, 6) is -2.30. The fourth-order valence-corrected chi connectivity index (χ4v) is 2.46. The van der Waals surface area contributed by atoms with Crippen LogP contribution in [0.2, 0.25) is 0 Å². The minimum absolute atomic E-state index is 0.0314. The van der Waals surface area contributed by atoms with E-state index in [-0.39, 0.29) is 22.8 Å². The van der Waals surface area contributed by atoms with Gasteiger partial charge in [-0.1, -0.05) is 23.4 Å². The van der Waals surface area contributed by atoms with E-state index in [4.69, 9.17) is 5.73 Å². The molecule has 0 bridgehead atoms. The van der Waals surface area contributed by atoms with E-state index < -0.39 is 35.5 Å². The summed E-state index contributed by atoms with van der Waals surface area (Å²) in [6, 6.07) is 7.52. The second-order valence-electron chi connectivity index (χ2n) is 5.70. The number of alkyl halides is 6. The first-order valence-corrected chi connectivity index (χ1v) is 7.90. The second kappa shape index (κ2) is 7.57. The molecule has 1 amide bonds. The second-order valence-corrected chi connectivity index (χ2v) is 5.70. The lowest BCUT2D eigenvalue weighted by Crippen LogP contribution is -2.19. The van der Waals surface area contributed by atoms with Gasteiger partial charge < -0.3 is 20.3 Å². The van der Waals surface area contributed by atoms with Crippen LogP contribution in [-0.2, 0) is 6.18 Å². The molecule has 3 rings (SSSR count). The maximum absolute atomic E-state index is 12.8. The summed E-state index contributed by atoms with van der Waals surface area (Å²) in [4.78, 5) is 15.9. The summed E-state index contributed by atoms with van der Waals surface area (Å²) in [6.45, 7) is 0. The van der Waals surface area contributed by atoms with Crippen LogP contribution in [0, 0.1) is 0 Å². The predicted molar refractivity (Wildman–Crippen MR) is 90.2 cm³/mol. The van der Waals surface area contributed by atoms with Gasteiger partial charge >= 0.3 is 12.5 Å². The summed E-state index contributed by atoms with van der Waals surface area (Å²) in [5.41, 5.74) is 3.38. The molecule has 0 aliphatic heterocycles. The molecule has 0 spiro atoms. The summed E-state index contributed by atoms with van der Waals surface area (Å²) >= 11 is 0. The van der Waals surface area contributed by atoms with Crippen molar-refractivity contribution in [1.29, 1.82) is 0 Å². The molecule has 1 aromatic carbocycles. The number of carbonyl (C=O) groups excluding carboxylic acids is 1. The summed E-state index contributed by atoms with van der Waals surface area (Å²) < 4.78 is 84.3. The van der Waals surface area contributed by atoms with Crippen molar-refractivity contribution in [3.05, 3.63) is 53.9 Å². The van der Waals surface area contributed by atoms with Crippen LogP contribution >= 0.6 is 0 Å². The molecule has 0 radical (unpaired) electrons. The molecule has 30 heavy (non-hydrogen) atoms. The Kier molecular flexibility index (Phi) is 5.29. The van der Waals surface area contributed by atoms with Gasteiger partial charge in [0.15, 0.2) is 5.69 Å². The number of nitrogen functional groups attached to an aromatic ring is 1. The molecule has 2 aromatic heterocycles. The third kappa shape index (κ3) is 4.61. The number of nitrogens with one attached hydrogen (secondary N) is 1. The van der Waals surface area contributed by atoms with Crippen LogP contribution in [0.15, 0.2) is 47.2 Å². The topological polar surface area (TPSA) is 103 Å². The first-order chi connectivity index (χ1) is 14.0. The monoisotopic (exact) mass is 432 g/mol. The maximum atomic E-state index is 12.8. The molecule has 3 aromatic rings. The SMILES string of the molecule is Nc1nc(NC(=O)c2conc2C(F)(F)F)ccc1-c1ccccc1OC(F)(F)F. The van der Waals surface area contributed by atoms with Crippen LogP contribution in [0.5, 0.6) is 5.75 Å². The number of nitrogens with zero attached hydrogens (tertiary/aromatic N) is 2. The molecule has 158 valence electrons. The number of benzene rings is 1. The third-order valence-electron chi connectivity index (χ3n) is 3.65. The molecule has 0 fully saturated rings. The van der Waals surface area contributed by atoms with E-state index >= 15 is 0 Å². The number of rotatable bonds is 4. The van der Waals surface area contributed by atoms with E-state index in [2.05, 4.69) is 24.7 Å². The normalized spacial score (nSPS) is 11.9. The van der Waals surface area contributed by atoms with Crippen LogP contribution in [-0.4, -0.2) is 22.4 Å². The molecule has 0 aliphatic carbocycles. The van der Waals surface area contributed by atoms with Gasteiger partial charge in [0.2, 0.25) is 0 Å². The molecule has 13 heteroatoms. The number of aromatic nitrogens is 2. The zero-order chi connectivity index (χ0) is 22.1. The number of halogens is 6. The Bertz CT molecular complexity index is 1080. The molecule has 0 saturated heterocycles. The minimum atomic E-state index is -4.94. The molecule has 3 N–H and O–H groups in total. The quantitative estimate of drug-likeness (QED) is 0.589. The Morgan fingerprint density at radius 2 is 1.73 bits per heavy atom. The zero-order valence-corrected chi connectivity index (χ0v) is 14.5. The van der Waals surface area contributed by atoms with Gasteiger partial charge in [0.25, 0.3) is 5.91 Å².